The van der Waals surface area contributed by atoms with Crippen LogP contribution in [-0.2, 0) is 0 Å². The standard InChI is InChI=1S/C18H21NOS/c1-3-7-17(14-8-5-4-6-9-14)19-18(20)15-10-12-16(21-2)13-11-15/h4-6,8-13,17H,3,7H2,1-2H3,(H,19,20)/t17-/m0/s1. The van der Waals surface area contributed by atoms with Crippen LogP contribution in [0.15, 0.2) is 59.5 Å². The number of carbonyl (C=O) groups excluding carboxylic acids is 1. The molecular formula is C18H21NOS. The number of hydrogen-bond donors (Lipinski definition) is 1. The molecule has 110 valence electrons. The molecule has 0 radical (unpaired) electrons. The largest absolute Gasteiger partial charge is 0.345 e. The van der Waals surface area contributed by atoms with Gasteiger partial charge in [-0.05, 0) is 42.5 Å². The van der Waals surface area contributed by atoms with E-state index in [1.54, 1.807) is 11.8 Å². The van der Waals surface area contributed by atoms with Gasteiger partial charge in [-0.25, -0.2) is 0 Å². The lowest BCUT2D eigenvalue weighted by molar-refractivity contribution is 0.0934. The summed E-state index contributed by atoms with van der Waals surface area (Å²) in [4.78, 5) is 13.6. The van der Waals surface area contributed by atoms with Crippen molar-refractivity contribution >= 4 is 17.7 Å². The number of amides is 1. The first-order valence-electron chi connectivity index (χ1n) is 7.24. The number of benzene rings is 2. The molecule has 1 amide bonds. The lowest BCUT2D eigenvalue weighted by atomic mass is 10.0. The third-order valence-electron chi connectivity index (χ3n) is 3.44. The highest BCUT2D eigenvalue weighted by Crippen LogP contribution is 2.20. The predicted octanol–water partition coefficient (Wildman–Crippen LogP) is 4.68. The minimum absolute atomic E-state index is 0.00930. The van der Waals surface area contributed by atoms with E-state index in [0.29, 0.717) is 5.56 Å². The smallest absolute Gasteiger partial charge is 0.251 e. The van der Waals surface area contributed by atoms with Crippen molar-refractivity contribution < 1.29 is 4.79 Å². The molecule has 0 aromatic heterocycles. The van der Waals surface area contributed by atoms with E-state index in [1.165, 1.54) is 4.90 Å². The first-order chi connectivity index (χ1) is 10.2. The van der Waals surface area contributed by atoms with Gasteiger partial charge in [0.1, 0.15) is 0 Å². The van der Waals surface area contributed by atoms with Crippen molar-refractivity contribution in [3.05, 3.63) is 65.7 Å². The second-order valence-electron chi connectivity index (χ2n) is 4.95. The van der Waals surface area contributed by atoms with Gasteiger partial charge in [-0.3, -0.25) is 4.79 Å². The van der Waals surface area contributed by atoms with Gasteiger partial charge >= 0.3 is 0 Å². The van der Waals surface area contributed by atoms with Crippen LogP contribution in [0, 0.1) is 0 Å². The van der Waals surface area contributed by atoms with Crippen molar-refractivity contribution in [3.63, 3.8) is 0 Å². The molecule has 3 heteroatoms. The maximum absolute atomic E-state index is 12.4. The fourth-order valence-corrected chi connectivity index (χ4v) is 2.69. The van der Waals surface area contributed by atoms with E-state index in [4.69, 9.17) is 0 Å². The van der Waals surface area contributed by atoms with E-state index in [2.05, 4.69) is 24.4 Å². The number of thioether (sulfide) groups is 1. The zero-order valence-electron chi connectivity index (χ0n) is 12.5. The highest BCUT2D eigenvalue weighted by Gasteiger charge is 2.14. The Balaban J connectivity index is 2.10. The van der Waals surface area contributed by atoms with Crippen LogP contribution in [0.4, 0.5) is 0 Å². The first kappa shape index (κ1) is 15.6. The molecule has 0 fully saturated rings. The van der Waals surface area contributed by atoms with Gasteiger partial charge in [0.15, 0.2) is 0 Å². The number of nitrogens with one attached hydrogen (secondary N) is 1. The second-order valence-corrected chi connectivity index (χ2v) is 5.83. The highest BCUT2D eigenvalue weighted by atomic mass is 32.2. The Kier molecular flexibility index (Phi) is 5.88. The van der Waals surface area contributed by atoms with Crippen LogP contribution < -0.4 is 5.32 Å². The molecule has 0 bridgehead atoms. The molecule has 1 atom stereocenters. The maximum Gasteiger partial charge on any atom is 0.251 e. The second kappa shape index (κ2) is 7.89. The monoisotopic (exact) mass is 299 g/mol. The lowest BCUT2D eigenvalue weighted by Gasteiger charge is -2.18. The molecule has 0 saturated carbocycles. The fraction of sp³-hybridized carbons (Fsp3) is 0.278. The molecule has 0 spiro atoms. The van der Waals surface area contributed by atoms with Crippen LogP contribution in [0.25, 0.3) is 0 Å². The van der Waals surface area contributed by atoms with Gasteiger partial charge in [-0.1, -0.05) is 43.7 Å². The molecule has 0 aliphatic rings. The summed E-state index contributed by atoms with van der Waals surface area (Å²) in [6, 6.07) is 18.0. The summed E-state index contributed by atoms with van der Waals surface area (Å²) in [7, 11) is 0. The Bertz CT molecular complexity index is 566. The van der Waals surface area contributed by atoms with Gasteiger partial charge in [0.2, 0.25) is 0 Å². The van der Waals surface area contributed by atoms with E-state index in [1.807, 2.05) is 48.7 Å². The summed E-state index contributed by atoms with van der Waals surface area (Å²) < 4.78 is 0. The molecule has 0 aliphatic heterocycles. The van der Waals surface area contributed by atoms with E-state index in [-0.39, 0.29) is 11.9 Å². The minimum Gasteiger partial charge on any atom is -0.345 e. The van der Waals surface area contributed by atoms with E-state index in [0.717, 1.165) is 18.4 Å². The summed E-state index contributed by atoms with van der Waals surface area (Å²) in [5.74, 6) is -0.00930. The van der Waals surface area contributed by atoms with Crippen LogP contribution in [-0.4, -0.2) is 12.2 Å². The summed E-state index contributed by atoms with van der Waals surface area (Å²) in [5, 5.41) is 3.14. The van der Waals surface area contributed by atoms with Crippen molar-refractivity contribution in [2.75, 3.05) is 6.26 Å². The topological polar surface area (TPSA) is 29.1 Å². The van der Waals surface area contributed by atoms with Crippen LogP contribution in [0.1, 0.15) is 41.7 Å². The van der Waals surface area contributed by atoms with E-state index < -0.39 is 0 Å². The van der Waals surface area contributed by atoms with Gasteiger partial charge in [0.05, 0.1) is 6.04 Å². The van der Waals surface area contributed by atoms with Gasteiger partial charge in [-0.15, -0.1) is 11.8 Å². The SMILES string of the molecule is CCC[C@H](NC(=O)c1ccc(SC)cc1)c1ccccc1. The van der Waals surface area contributed by atoms with E-state index in [9.17, 15) is 4.79 Å². The van der Waals surface area contributed by atoms with Crippen LogP contribution >= 0.6 is 11.8 Å². The Hall–Kier alpha value is -1.74. The van der Waals surface area contributed by atoms with Gasteiger partial charge in [-0.2, -0.15) is 0 Å². The van der Waals surface area contributed by atoms with Crippen LogP contribution in [0.5, 0.6) is 0 Å². The Morgan fingerprint density at radius 3 is 2.33 bits per heavy atom. The summed E-state index contributed by atoms with van der Waals surface area (Å²) in [6.45, 7) is 2.13. The van der Waals surface area contributed by atoms with Crippen LogP contribution in [0.2, 0.25) is 0 Å². The maximum atomic E-state index is 12.4. The van der Waals surface area contributed by atoms with Gasteiger partial charge in [0, 0.05) is 10.5 Å². The third-order valence-corrected chi connectivity index (χ3v) is 4.18. The van der Waals surface area contributed by atoms with Gasteiger partial charge < -0.3 is 5.32 Å². The molecule has 2 nitrogen and oxygen atoms in total. The van der Waals surface area contributed by atoms with Crippen LogP contribution in [0.3, 0.4) is 0 Å². The normalized spacial score (nSPS) is 11.9. The molecule has 0 saturated heterocycles. The average molecular weight is 299 g/mol. The average Bonchev–Trinajstić information content (AvgIpc) is 2.55. The molecule has 0 unspecified atom stereocenters. The molecule has 0 aliphatic carbocycles. The molecule has 1 N–H and O–H groups in total. The molecule has 21 heavy (non-hydrogen) atoms. The summed E-state index contributed by atoms with van der Waals surface area (Å²) in [5.41, 5.74) is 1.87. The Morgan fingerprint density at radius 2 is 1.76 bits per heavy atom. The zero-order valence-corrected chi connectivity index (χ0v) is 13.3. The zero-order chi connectivity index (χ0) is 15.1. The minimum atomic E-state index is -0.00930. The molecule has 2 aromatic rings. The summed E-state index contributed by atoms with van der Waals surface area (Å²) in [6.07, 6.45) is 4.01. The number of hydrogen-bond acceptors (Lipinski definition) is 2. The van der Waals surface area contributed by atoms with Crippen molar-refractivity contribution in [2.24, 2.45) is 0 Å². The third kappa shape index (κ3) is 4.36. The molecule has 2 rings (SSSR count). The number of rotatable bonds is 6. The molecule has 2 aromatic carbocycles. The molecule has 0 heterocycles. The fourth-order valence-electron chi connectivity index (χ4n) is 2.28. The highest BCUT2D eigenvalue weighted by molar-refractivity contribution is 7.98. The lowest BCUT2D eigenvalue weighted by Crippen LogP contribution is -2.28. The van der Waals surface area contributed by atoms with Crippen molar-refractivity contribution in [3.8, 4) is 0 Å². The first-order valence-corrected chi connectivity index (χ1v) is 8.47. The van der Waals surface area contributed by atoms with E-state index >= 15 is 0 Å². The number of carbonyl (C=O) groups is 1. The van der Waals surface area contributed by atoms with Crippen molar-refractivity contribution in [1.29, 1.82) is 0 Å². The Morgan fingerprint density at radius 1 is 1.10 bits per heavy atom. The van der Waals surface area contributed by atoms with Gasteiger partial charge in [0.25, 0.3) is 5.91 Å². The molecular weight excluding hydrogens is 278 g/mol. The Labute approximate surface area is 131 Å². The summed E-state index contributed by atoms with van der Waals surface area (Å²) >= 11 is 1.68. The van der Waals surface area contributed by atoms with Crippen molar-refractivity contribution in [1.82, 2.24) is 5.32 Å². The van der Waals surface area contributed by atoms with Crippen molar-refractivity contribution in [2.45, 2.75) is 30.7 Å². The quantitative estimate of drug-likeness (QED) is 0.785. The predicted molar refractivity (Wildman–Crippen MR) is 89.8 cm³/mol.